The first kappa shape index (κ1) is 13.1. The van der Waals surface area contributed by atoms with Gasteiger partial charge in [-0.3, -0.25) is 0 Å². The van der Waals surface area contributed by atoms with Crippen LogP contribution in [-0.4, -0.2) is 13.2 Å². The minimum Gasteiger partial charge on any atom is -0.493 e. The SMILES string of the molecule is Nc1ccc(OCCCOc2ccc(N)cc2)cc1. The molecule has 0 radical (unpaired) electrons. The minimum atomic E-state index is 0.610. The summed E-state index contributed by atoms with van der Waals surface area (Å²) in [5.74, 6) is 1.64. The van der Waals surface area contributed by atoms with Crippen molar-refractivity contribution in [1.29, 1.82) is 0 Å². The minimum absolute atomic E-state index is 0.610. The molecule has 0 heterocycles. The molecule has 4 heteroatoms. The first-order chi connectivity index (χ1) is 9.24. The van der Waals surface area contributed by atoms with Crippen molar-refractivity contribution in [1.82, 2.24) is 0 Å². The van der Waals surface area contributed by atoms with Gasteiger partial charge in [0.2, 0.25) is 0 Å². The quantitative estimate of drug-likeness (QED) is 0.617. The monoisotopic (exact) mass is 258 g/mol. The van der Waals surface area contributed by atoms with E-state index in [1.807, 2.05) is 48.5 Å². The highest BCUT2D eigenvalue weighted by molar-refractivity contribution is 5.42. The molecule has 100 valence electrons. The fourth-order valence-electron chi connectivity index (χ4n) is 1.57. The fourth-order valence-corrected chi connectivity index (χ4v) is 1.57. The van der Waals surface area contributed by atoms with Crippen LogP contribution >= 0.6 is 0 Å². The lowest BCUT2D eigenvalue weighted by Gasteiger charge is -2.08. The van der Waals surface area contributed by atoms with Crippen molar-refractivity contribution in [2.75, 3.05) is 24.7 Å². The number of rotatable bonds is 6. The molecule has 0 aliphatic rings. The van der Waals surface area contributed by atoms with Crippen molar-refractivity contribution < 1.29 is 9.47 Å². The Kier molecular flexibility index (Phi) is 4.50. The number of nitrogen functional groups attached to an aromatic ring is 2. The summed E-state index contributed by atoms with van der Waals surface area (Å²) in [5.41, 5.74) is 12.7. The molecule has 0 unspecified atom stereocenters. The maximum atomic E-state index is 5.59. The van der Waals surface area contributed by atoms with Gasteiger partial charge in [0, 0.05) is 17.8 Å². The van der Waals surface area contributed by atoms with Gasteiger partial charge in [0.1, 0.15) is 11.5 Å². The molecule has 0 aliphatic heterocycles. The van der Waals surface area contributed by atoms with Crippen molar-refractivity contribution in [3.8, 4) is 11.5 Å². The van der Waals surface area contributed by atoms with Gasteiger partial charge in [-0.15, -0.1) is 0 Å². The Morgan fingerprint density at radius 2 is 1.00 bits per heavy atom. The van der Waals surface area contributed by atoms with Crippen LogP contribution in [0.1, 0.15) is 6.42 Å². The molecule has 0 spiro atoms. The number of nitrogens with two attached hydrogens (primary N) is 2. The summed E-state index contributed by atoms with van der Waals surface area (Å²) in [6.07, 6.45) is 0.814. The molecule has 0 bridgehead atoms. The standard InChI is InChI=1S/C15H18N2O2/c16-12-2-6-14(7-3-12)18-10-1-11-19-15-8-4-13(17)5-9-15/h2-9H,1,10-11,16-17H2. The molecular weight excluding hydrogens is 240 g/mol. The van der Waals surface area contributed by atoms with E-state index < -0.39 is 0 Å². The van der Waals surface area contributed by atoms with Crippen LogP contribution in [-0.2, 0) is 0 Å². The third-order valence-corrected chi connectivity index (χ3v) is 2.59. The molecule has 0 aliphatic carbocycles. The van der Waals surface area contributed by atoms with Crippen LogP contribution in [0.3, 0.4) is 0 Å². The summed E-state index contributed by atoms with van der Waals surface area (Å²) in [6.45, 7) is 1.22. The molecule has 0 fully saturated rings. The van der Waals surface area contributed by atoms with E-state index in [4.69, 9.17) is 20.9 Å². The zero-order valence-electron chi connectivity index (χ0n) is 10.7. The van der Waals surface area contributed by atoms with Crippen LogP contribution in [0.2, 0.25) is 0 Å². The Hall–Kier alpha value is -2.36. The predicted octanol–water partition coefficient (Wildman–Crippen LogP) is 2.70. The number of hydrogen-bond acceptors (Lipinski definition) is 4. The lowest BCUT2D eigenvalue weighted by atomic mass is 10.3. The average Bonchev–Trinajstić information content (AvgIpc) is 2.43. The van der Waals surface area contributed by atoms with E-state index in [0.29, 0.717) is 13.2 Å². The van der Waals surface area contributed by atoms with Crippen molar-refractivity contribution in [2.24, 2.45) is 0 Å². The van der Waals surface area contributed by atoms with Crippen molar-refractivity contribution >= 4 is 11.4 Å². The van der Waals surface area contributed by atoms with E-state index in [0.717, 1.165) is 29.3 Å². The van der Waals surface area contributed by atoms with Gasteiger partial charge in [-0.05, 0) is 48.5 Å². The normalized spacial score (nSPS) is 10.1. The third-order valence-electron chi connectivity index (χ3n) is 2.59. The van der Waals surface area contributed by atoms with Gasteiger partial charge in [0.05, 0.1) is 13.2 Å². The second-order valence-corrected chi connectivity index (χ2v) is 4.19. The van der Waals surface area contributed by atoms with E-state index in [1.165, 1.54) is 0 Å². The number of benzene rings is 2. The topological polar surface area (TPSA) is 70.5 Å². The van der Waals surface area contributed by atoms with Gasteiger partial charge in [-0.25, -0.2) is 0 Å². The van der Waals surface area contributed by atoms with Gasteiger partial charge in [0.15, 0.2) is 0 Å². The van der Waals surface area contributed by atoms with Crippen molar-refractivity contribution in [3.63, 3.8) is 0 Å². The van der Waals surface area contributed by atoms with E-state index >= 15 is 0 Å². The van der Waals surface area contributed by atoms with E-state index in [2.05, 4.69) is 0 Å². The number of anilines is 2. The van der Waals surface area contributed by atoms with Gasteiger partial charge in [-0.2, -0.15) is 0 Å². The fraction of sp³-hybridized carbons (Fsp3) is 0.200. The van der Waals surface area contributed by atoms with Crippen LogP contribution in [0.25, 0.3) is 0 Å². The third kappa shape index (κ3) is 4.43. The Labute approximate surface area is 112 Å². The summed E-state index contributed by atoms with van der Waals surface area (Å²) in [4.78, 5) is 0. The number of ether oxygens (including phenoxy) is 2. The first-order valence-electron chi connectivity index (χ1n) is 6.21. The highest BCUT2D eigenvalue weighted by atomic mass is 16.5. The van der Waals surface area contributed by atoms with Crippen LogP contribution in [0.4, 0.5) is 11.4 Å². The average molecular weight is 258 g/mol. The molecule has 2 aromatic rings. The van der Waals surface area contributed by atoms with Gasteiger partial charge >= 0.3 is 0 Å². The molecular formula is C15H18N2O2. The van der Waals surface area contributed by atoms with Crippen LogP contribution in [0.5, 0.6) is 11.5 Å². The summed E-state index contributed by atoms with van der Waals surface area (Å²) < 4.78 is 11.1. The van der Waals surface area contributed by atoms with Crippen LogP contribution < -0.4 is 20.9 Å². The summed E-state index contributed by atoms with van der Waals surface area (Å²) >= 11 is 0. The van der Waals surface area contributed by atoms with Crippen LogP contribution in [0.15, 0.2) is 48.5 Å². The van der Waals surface area contributed by atoms with Gasteiger partial charge < -0.3 is 20.9 Å². The summed E-state index contributed by atoms with van der Waals surface area (Å²) in [5, 5.41) is 0. The summed E-state index contributed by atoms with van der Waals surface area (Å²) in [7, 11) is 0. The molecule has 0 atom stereocenters. The Balaban J connectivity index is 1.64. The lowest BCUT2D eigenvalue weighted by Crippen LogP contribution is -2.05. The maximum Gasteiger partial charge on any atom is 0.119 e. The zero-order chi connectivity index (χ0) is 13.5. The van der Waals surface area contributed by atoms with E-state index in [-0.39, 0.29) is 0 Å². The van der Waals surface area contributed by atoms with E-state index in [9.17, 15) is 0 Å². The molecule has 0 amide bonds. The Morgan fingerprint density at radius 3 is 1.37 bits per heavy atom. The smallest absolute Gasteiger partial charge is 0.119 e. The molecule has 0 saturated carbocycles. The summed E-state index contributed by atoms with van der Waals surface area (Å²) in [6, 6.07) is 14.7. The molecule has 2 rings (SSSR count). The maximum absolute atomic E-state index is 5.59. The highest BCUT2D eigenvalue weighted by Gasteiger charge is 1.96. The highest BCUT2D eigenvalue weighted by Crippen LogP contribution is 2.14. The Bertz CT molecular complexity index is 447. The van der Waals surface area contributed by atoms with Crippen molar-refractivity contribution in [3.05, 3.63) is 48.5 Å². The van der Waals surface area contributed by atoms with E-state index in [1.54, 1.807) is 0 Å². The van der Waals surface area contributed by atoms with Crippen molar-refractivity contribution in [2.45, 2.75) is 6.42 Å². The second kappa shape index (κ2) is 6.54. The zero-order valence-corrected chi connectivity index (χ0v) is 10.7. The molecule has 4 nitrogen and oxygen atoms in total. The lowest BCUT2D eigenvalue weighted by molar-refractivity contribution is 0.247. The molecule has 2 aromatic carbocycles. The Morgan fingerprint density at radius 1 is 0.632 bits per heavy atom. The second-order valence-electron chi connectivity index (χ2n) is 4.19. The van der Waals surface area contributed by atoms with Gasteiger partial charge in [0.25, 0.3) is 0 Å². The predicted molar refractivity (Wildman–Crippen MR) is 77.3 cm³/mol. The number of hydrogen-bond donors (Lipinski definition) is 2. The molecule has 0 aromatic heterocycles. The van der Waals surface area contributed by atoms with Gasteiger partial charge in [-0.1, -0.05) is 0 Å². The first-order valence-corrected chi connectivity index (χ1v) is 6.21. The largest absolute Gasteiger partial charge is 0.493 e. The molecule has 19 heavy (non-hydrogen) atoms. The molecule has 0 saturated heterocycles. The van der Waals surface area contributed by atoms with Crippen LogP contribution in [0, 0.1) is 0 Å². The molecule has 4 N–H and O–H groups in total.